The number of nitrogens with zero attached hydrogens (tertiary/aromatic N) is 4. The van der Waals surface area contributed by atoms with E-state index in [9.17, 15) is 5.26 Å². The van der Waals surface area contributed by atoms with Crippen molar-refractivity contribution in [2.45, 2.75) is 22.6 Å². The average molecular weight is 494 g/mol. The Bertz CT molecular complexity index is 1190. The van der Waals surface area contributed by atoms with Gasteiger partial charge in [0.05, 0.1) is 11.3 Å². The summed E-state index contributed by atoms with van der Waals surface area (Å²) in [5, 5.41) is 15.5. The predicted octanol–water partition coefficient (Wildman–Crippen LogP) is 6.25. The van der Waals surface area contributed by atoms with Crippen molar-refractivity contribution in [3.8, 4) is 6.07 Å². The Kier molecular flexibility index (Phi) is 6.74. The van der Waals surface area contributed by atoms with Crippen LogP contribution in [0, 0.1) is 11.3 Å². The number of aromatic nitrogens is 3. The molecular formula is C22H16BrN5S2. The molecule has 0 aliphatic heterocycles. The van der Waals surface area contributed by atoms with Crippen LogP contribution < -0.4 is 5.32 Å². The Morgan fingerprint density at radius 1 is 1.10 bits per heavy atom. The van der Waals surface area contributed by atoms with E-state index in [-0.39, 0.29) is 0 Å². The number of nitriles is 1. The average Bonchev–Trinajstić information content (AvgIpc) is 3.23. The molecule has 8 heteroatoms. The molecule has 0 aliphatic carbocycles. The van der Waals surface area contributed by atoms with Gasteiger partial charge in [0.15, 0.2) is 5.13 Å². The van der Waals surface area contributed by atoms with Gasteiger partial charge in [-0.3, -0.25) is 4.98 Å². The smallest absolute Gasteiger partial charge is 0.188 e. The minimum atomic E-state index is 0.545. The maximum atomic E-state index is 9.29. The second kappa shape index (κ2) is 9.85. The fourth-order valence-electron chi connectivity index (χ4n) is 2.75. The van der Waals surface area contributed by atoms with Gasteiger partial charge in [0, 0.05) is 38.2 Å². The van der Waals surface area contributed by atoms with Crippen molar-refractivity contribution < 1.29 is 0 Å². The molecule has 1 N–H and O–H groups in total. The summed E-state index contributed by atoms with van der Waals surface area (Å²) in [5.74, 6) is 0.706. The van der Waals surface area contributed by atoms with E-state index in [1.807, 2.05) is 18.2 Å². The van der Waals surface area contributed by atoms with E-state index in [4.69, 9.17) is 0 Å². The minimum Gasteiger partial charge on any atom is -0.316 e. The quantitative estimate of drug-likeness (QED) is 0.328. The summed E-state index contributed by atoms with van der Waals surface area (Å²) in [6.07, 6.45) is 6.87. The summed E-state index contributed by atoms with van der Waals surface area (Å²) in [5.41, 5.74) is 2.92. The summed E-state index contributed by atoms with van der Waals surface area (Å²) in [6.45, 7) is 0. The Labute approximate surface area is 191 Å². The van der Waals surface area contributed by atoms with Crippen molar-refractivity contribution in [2.75, 3.05) is 5.32 Å². The molecule has 3 heterocycles. The largest absolute Gasteiger partial charge is 0.316 e. The second-order valence-corrected chi connectivity index (χ2v) is 9.14. The van der Waals surface area contributed by atoms with Crippen LogP contribution in [0.1, 0.15) is 16.8 Å². The lowest BCUT2D eigenvalue weighted by molar-refractivity contribution is 0.927. The van der Waals surface area contributed by atoms with Crippen molar-refractivity contribution in [3.05, 3.63) is 87.7 Å². The highest BCUT2D eigenvalue weighted by Crippen LogP contribution is 2.36. The molecule has 148 valence electrons. The third-order valence-electron chi connectivity index (χ3n) is 4.24. The lowest BCUT2D eigenvalue weighted by Gasteiger charge is -2.08. The van der Waals surface area contributed by atoms with Crippen LogP contribution in [0.15, 0.2) is 80.7 Å². The van der Waals surface area contributed by atoms with E-state index in [2.05, 4.69) is 71.9 Å². The molecule has 4 aromatic rings. The number of pyridine rings is 2. The first kappa shape index (κ1) is 20.5. The molecule has 3 aromatic heterocycles. The van der Waals surface area contributed by atoms with Gasteiger partial charge >= 0.3 is 0 Å². The van der Waals surface area contributed by atoms with Gasteiger partial charge in [-0.1, -0.05) is 42.1 Å². The maximum absolute atomic E-state index is 9.29. The van der Waals surface area contributed by atoms with Crippen LogP contribution in [-0.4, -0.2) is 15.0 Å². The molecule has 0 radical (unpaired) electrons. The zero-order valence-electron chi connectivity index (χ0n) is 15.7. The number of halogens is 1. The van der Waals surface area contributed by atoms with Gasteiger partial charge in [-0.2, -0.15) is 5.26 Å². The Morgan fingerprint density at radius 2 is 1.97 bits per heavy atom. The standard InChI is InChI=1S/C22H16BrN5S2/c23-18-13-26-21(10-20(18)30-19-8-9-25-12-16(19)11-24)28-22-27-17(14-29-22)7-6-15-4-2-1-3-5-15/h1-5,8-10,12-14H,6-7H2,(H,26,27,28). The van der Waals surface area contributed by atoms with Crippen molar-refractivity contribution in [2.24, 2.45) is 0 Å². The number of anilines is 2. The Balaban J connectivity index is 1.45. The van der Waals surface area contributed by atoms with Crippen LogP contribution in [0.3, 0.4) is 0 Å². The normalized spacial score (nSPS) is 10.5. The van der Waals surface area contributed by atoms with E-state index >= 15 is 0 Å². The van der Waals surface area contributed by atoms with Crippen LogP contribution in [0.25, 0.3) is 0 Å². The lowest BCUT2D eigenvalue weighted by Crippen LogP contribution is -1.95. The van der Waals surface area contributed by atoms with E-state index < -0.39 is 0 Å². The summed E-state index contributed by atoms with van der Waals surface area (Å²) in [7, 11) is 0. The molecule has 0 fully saturated rings. The highest BCUT2D eigenvalue weighted by atomic mass is 79.9. The fourth-order valence-corrected chi connectivity index (χ4v) is 4.85. The fraction of sp³-hybridized carbons (Fsp3) is 0.0909. The molecule has 0 bridgehead atoms. The van der Waals surface area contributed by atoms with Gasteiger partial charge in [-0.15, -0.1) is 11.3 Å². The van der Waals surface area contributed by atoms with Gasteiger partial charge < -0.3 is 5.32 Å². The molecule has 30 heavy (non-hydrogen) atoms. The molecule has 0 spiro atoms. The van der Waals surface area contributed by atoms with Gasteiger partial charge in [0.25, 0.3) is 0 Å². The molecule has 0 atom stereocenters. The Morgan fingerprint density at radius 3 is 2.80 bits per heavy atom. The number of benzene rings is 1. The molecular weight excluding hydrogens is 478 g/mol. The first-order valence-corrected chi connectivity index (χ1v) is 11.6. The number of nitrogens with one attached hydrogen (secondary N) is 1. The van der Waals surface area contributed by atoms with Crippen LogP contribution in [0.5, 0.6) is 0 Å². The monoisotopic (exact) mass is 493 g/mol. The number of thiazole rings is 1. The molecule has 1 aromatic carbocycles. The molecule has 0 amide bonds. The van der Waals surface area contributed by atoms with Gasteiger partial charge in [-0.05, 0) is 46.5 Å². The first-order valence-electron chi connectivity index (χ1n) is 9.14. The van der Waals surface area contributed by atoms with Crippen LogP contribution >= 0.6 is 39.0 Å². The third kappa shape index (κ3) is 5.25. The zero-order valence-corrected chi connectivity index (χ0v) is 19.0. The zero-order chi connectivity index (χ0) is 20.8. The lowest BCUT2D eigenvalue weighted by atomic mass is 10.1. The summed E-state index contributed by atoms with van der Waals surface area (Å²) < 4.78 is 0.862. The molecule has 0 saturated heterocycles. The van der Waals surface area contributed by atoms with Crippen LogP contribution in [0.4, 0.5) is 10.9 Å². The van der Waals surface area contributed by atoms with E-state index in [1.165, 1.54) is 17.3 Å². The van der Waals surface area contributed by atoms with Crippen molar-refractivity contribution in [1.82, 2.24) is 15.0 Å². The van der Waals surface area contributed by atoms with Gasteiger partial charge in [0.1, 0.15) is 11.9 Å². The van der Waals surface area contributed by atoms with Gasteiger partial charge in [-0.25, -0.2) is 9.97 Å². The third-order valence-corrected chi connectivity index (χ3v) is 7.08. The van der Waals surface area contributed by atoms with Crippen molar-refractivity contribution >= 4 is 50.0 Å². The minimum absolute atomic E-state index is 0.545. The van der Waals surface area contributed by atoms with E-state index in [1.54, 1.807) is 29.9 Å². The number of hydrogen-bond acceptors (Lipinski definition) is 7. The number of aryl methyl sites for hydroxylation is 2. The molecule has 4 rings (SSSR count). The maximum Gasteiger partial charge on any atom is 0.188 e. The number of rotatable bonds is 7. The van der Waals surface area contributed by atoms with Crippen LogP contribution in [0.2, 0.25) is 0 Å². The summed E-state index contributed by atoms with van der Waals surface area (Å²) in [4.78, 5) is 14.9. The topological polar surface area (TPSA) is 74.5 Å². The highest BCUT2D eigenvalue weighted by Gasteiger charge is 2.10. The summed E-state index contributed by atoms with van der Waals surface area (Å²) in [6, 6.07) is 16.4. The van der Waals surface area contributed by atoms with E-state index in [0.29, 0.717) is 11.4 Å². The van der Waals surface area contributed by atoms with E-state index in [0.717, 1.165) is 37.9 Å². The second-order valence-electron chi connectivity index (χ2n) is 6.34. The van der Waals surface area contributed by atoms with Crippen molar-refractivity contribution in [1.29, 1.82) is 5.26 Å². The Hall–Kier alpha value is -2.73. The summed E-state index contributed by atoms with van der Waals surface area (Å²) >= 11 is 6.61. The SMILES string of the molecule is N#Cc1cnccc1Sc1cc(Nc2nc(CCc3ccccc3)cs2)ncc1Br. The number of hydrogen-bond donors (Lipinski definition) is 1. The molecule has 0 aliphatic rings. The molecule has 0 saturated carbocycles. The highest BCUT2D eigenvalue weighted by molar-refractivity contribution is 9.10. The molecule has 0 unspecified atom stereocenters. The molecule has 5 nitrogen and oxygen atoms in total. The van der Waals surface area contributed by atoms with Gasteiger partial charge in [0.2, 0.25) is 0 Å². The predicted molar refractivity (Wildman–Crippen MR) is 124 cm³/mol. The first-order chi connectivity index (χ1) is 14.7. The van der Waals surface area contributed by atoms with Crippen LogP contribution in [-0.2, 0) is 12.8 Å². The van der Waals surface area contributed by atoms with Crippen molar-refractivity contribution in [3.63, 3.8) is 0 Å².